The van der Waals surface area contributed by atoms with E-state index in [9.17, 15) is 0 Å². The number of benzene rings is 2. The van der Waals surface area contributed by atoms with Crippen molar-refractivity contribution in [3.63, 3.8) is 0 Å². The van der Waals surface area contributed by atoms with Crippen molar-refractivity contribution in [3.8, 4) is 0 Å². The molecule has 17 heavy (non-hydrogen) atoms. The van der Waals surface area contributed by atoms with Crippen LogP contribution >= 0.6 is 0 Å². The summed E-state index contributed by atoms with van der Waals surface area (Å²) in [5.41, 5.74) is 2.54. The van der Waals surface area contributed by atoms with Crippen molar-refractivity contribution in [2.75, 3.05) is 7.11 Å². The summed E-state index contributed by atoms with van der Waals surface area (Å²) < 4.78 is 5.03. The van der Waals surface area contributed by atoms with E-state index in [1.54, 1.807) is 13.4 Å². The largest absolute Gasteiger partial charge is 0.505 e. The van der Waals surface area contributed by atoms with E-state index < -0.39 is 0 Å². The predicted octanol–water partition coefficient (Wildman–Crippen LogP) is 3.98. The van der Waals surface area contributed by atoms with Gasteiger partial charge in [-0.25, -0.2) is 0 Å². The summed E-state index contributed by atoms with van der Waals surface area (Å²) >= 11 is 0. The van der Waals surface area contributed by atoms with Crippen molar-refractivity contribution < 1.29 is 4.74 Å². The van der Waals surface area contributed by atoms with Crippen LogP contribution in [0.4, 0.5) is 0 Å². The average molecular weight is 224 g/mol. The van der Waals surface area contributed by atoms with Crippen LogP contribution in [0.25, 0.3) is 0 Å². The Kier molecular flexibility index (Phi) is 3.98. The third-order valence-electron chi connectivity index (χ3n) is 2.72. The van der Waals surface area contributed by atoms with Crippen molar-refractivity contribution in [1.82, 2.24) is 0 Å². The number of hydrogen-bond donors (Lipinski definition) is 0. The highest BCUT2D eigenvalue weighted by Crippen LogP contribution is 2.25. The van der Waals surface area contributed by atoms with Crippen LogP contribution in [0.2, 0.25) is 0 Å². The van der Waals surface area contributed by atoms with Gasteiger partial charge in [-0.3, -0.25) is 0 Å². The Balaban J connectivity index is 2.36. The Hall–Kier alpha value is -2.02. The van der Waals surface area contributed by atoms with Crippen molar-refractivity contribution in [3.05, 3.63) is 84.1 Å². The van der Waals surface area contributed by atoms with E-state index in [-0.39, 0.29) is 5.92 Å². The Morgan fingerprint density at radius 2 is 1.29 bits per heavy atom. The Morgan fingerprint density at radius 1 is 0.824 bits per heavy atom. The molecule has 0 aliphatic heterocycles. The van der Waals surface area contributed by atoms with Gasteiger partial charge in [0.15, 0.2) is 0 Å². The Bertz CT molecular complexity index is 420. The maximum atomic E-state index is 5.03. The van der Waals surface area contributed by atoms with E-state index in [1.165, 1.54) is 11.1 Å². The molecule has 0 amide bonds. The zero-order valence-electron chi connectivity index (χ0n) is 9.91. The molecule has 2 rings (SSSR count). The van der Waals surface area contributed by atoms with Gasteiger partial charge in [-0.05, 0) is 17.2 Å². The summed E-state index contributed by atoms with van der Waals surface area (Å²) in [5, 5.41) is 0. The lowest BCUT2D eigenvalue weighted by Gasteiger charge is -2.13. The molecule has 86 valence electrons. The van der Waals surface area contributed by atoms with E-state index in [4.69, 9.17) is 4.74 Å². The fourth-order valence-corrected chi connectivity index (χ4v) is 1.89. The van der Waals surface area contributed by atoms with Gasteiger partial charge in [0.25, 0.3) is 0 Å². The van der Waals surface area contributed by atoms with Gasteiger partial charge in [0, 0.05) is 5.92 Å². The first-order chi connectivity index (χ1) is 8.42. The van der Waals surface area contributed by atoms with Crippen LogP contribution in [0.5, 0.6) is 0 Å². The molecule has 2 aromatic carbocycles. The molecule has 0 fully saturated rings. The van der Waals surface area contributed by atoms with Crippen LogP contribution in [0.1, 0.15) is 17.0 Å². The lowest BCUT2D eigenvalue weighted by Crippen LogP contribution is -1.97. The molecular weight excluding hydrogens is 208 g/mol. The molecule has 0 aliphatic carbocycles. The van der Waals surface area contributed by atoms with Gasteiger partial charge in [-0.15, -0.1) is 0 Å². The van der Waals surface area contributed by atoms with Crippen LogP contribution in [0.15, 0.2) is 73.0 Å². The SMILES string of the molecule is CO/C=C\C(c1ccccc1)c1ccccc1. The topological polar surface area (TPSA) is 9.23 Å². The van der Waals surface area contributed by atoms with Crippen LogP contribution < -0.4 is 0 Å². The smallest absolute Gasteiger partial charge is 0.0794 e. The molecule has 1 nitrogen and oxygen atoms in total. The van der Waals surface area contributed by atoms with Gasteiger partial charge in [-0.2, -0.15) is 0 Å². The third-order valence-corrected chi connectivity index (χ3v) is 2.72. The first kappa shape index (κ1) is 11.5. The van der Waals surface area contributed by atoms with Gasteiger partial charge in [-0.1, -0.05) is 60.7 Å². The maximum Gasteiger partial charge on any atom is 0.0794 e. The van der Waals surface area contributed by atoms with Gasteiger partial charge in [0.05, 0.1) is 13.4 Å². The molecule has 0 N–H and O–H groups in total. The van der Waals surface area contributed by atoms with Gasteiger partial charge in [0.1, 0.15) is 0 Å². The fourth-order valence-electron chi connectivity index (χ4n) is 1.89. The highest BCUT2D eigenvalue weighted by molar-refractivity contribution is 5.36. The summed E-state index contributed by atoms with van der Waals surface area (Å²) in [7, 11) is 1.67. The molecule has 0 spiro atoms. The molecule has 2 aromatic rings. The molecule has 0 saturated carbocycles. The van der Waals surface area contributed by atoms with Crippen molar-refractivity contribution in [2.45, 2.75) is 5.92 Å². The molecule has 0 atom stereocenters. The van der Waals surface area contributed by atoms with E-state index in [2.05, 4.69) is 54.6 Å². The van der Waals surface area contributed by atoms with E-state index >= 15 is 0 Å². The summed E-state index contributed by atoms with van der Waals surface area (Å²) in [4.78, 5) is 0. The van der Waals surface area contributed by atoms with Crippen molar-refractivity contribution >= 4 is 0 Å². The first-order valence-corrected chi connectivity index (χ1v) is 5.71. The van der Waals surface area contributed by atoms with Crippen LogP contribution in [-0.4, -0.2) is 7.11 Å². The second-order valence-electron chi connectivity index (χ2n) is 3.86. The molecular formula is C16H16O. The summed E-state index contributed by atoms with van der Waals surface area (Å²) in [6.07, 6.45) is 3.81. The van der Waals surface area contributed by atoms with Crippen LogP contribution in [0.3, 0.4) is 0 Å². The number of allylic oxidation sites excluding steroid dienone is 1. The second kappa shape index (κ2) is 5.90. The van der Waals surface area contributed by atoms with Crippen molar-refractivity contribution in [1.29, 1.82) is 0 Å². The quantitative estimate of drug-likeness (QED) is 0.714. The summed E-state index contributed by atoms with van der Waals surface area (Å²) in [5.74, 6) is 0.248. The molecule has 0 heterocycles. The predicted molar refractivity (Wildman–Crippen MR) is 70.9 cm³/mol. The Morgan fingerprint density at radius 3 is 1.71 bits per heavy atom. The number of hydrogen-bond acceptors (Lipinski definition) is 1. The minimum atomic E-state index is 0.248. The fraction of sp³-hybridized carbons (Fsp3) is 0.125. The number of methoxy groups -OCH3 is 1. The highest BCUT2D eigenvalue weighted by Gasteiger charge is 2.09. The monoisotopic (exact) mass is 224 g/mol. The van der Waals surface area contributed by atoms with Gasteiger partial charge in [0.2, 0.25) is 0 Å². The Labute approximate surface area is 102 Å². The standard InChI is InChI=1S/C16H16O/c1-17-13-12-16(14-8-4-2-5-9-14)15-10-6-3-7-11-15/h2-13,16H,1H3/b13-12-. The first-order valence-electron chi connectivity index (χ1n) is 5.71. The zero-order valence-corrected chi connectivity index (χ0v) is 9.91. The molecule has 0 aromatic heterocycles. The molecule has 0 aliphatic rings. The van der Waals surface area contributed by atoms with E-state index in [0.717, 1.165) is 0 Å². The minimum absolute atomic E-state index is 0.248. The van der Waals surface area contributed by atoms with Gasteiger partial charge < -0.3 is 4.74 Å². The van der Waals surface area contributed by atoms with Crippen molar-refractivity contribution in [2.24, 2.45) is 0 Å². The number of ether oxygens (including phenoxy) is 1. The lowest BCUT2D eigenvalue weighted by molar-refractivity contribution is 0.336. The lowest BCUT2D eigenvalue weighted by atomic mass is 9.91. The second-order valence-corrected chi connectivity index (χ2v) is 3.86. The van der Waals surface area contributed by atoms with Crippen LogP contribution in [0, 0.1) is 0 Å². The normalized spacial score (nSPS) is 10.9. The van der Waals surface area contributed by atoms with Gasteiger partial charge >= 0.3 is 0 Å². The number of rotatable bonds is 4. The minimum Gasteiger partial charge on any atom is -0.505 e. The molecule has 0 saturated heterocycles. The average Bonchev–Trinajstić information content (AvgIpc) is 2.42. The summed E-state index contributed by atoms with van der Waals surface area (Å²) in [6.45, 7) is 0. The van der Waals surface area contributed by atoms with Crippen LogP contribution in [-0.2, 0) is 4.74 Å². The molecule has 0 unspecified atom stereocenters. The third kappa shape index (κ3) is 2.97. The zero-order chi connectivity index (χ0) is 11.9. The highest BCUT2D eigenvalue weighted by atomic mass is 16.5. The maximum absolute atomic E-state index is 5.03. The molecule has 0 bridgehead atoms. The summed E-state index contributed by atoms with van der Waals surface area (Å²) in [6, 6.07) is 20.9. The van der Waals surface area contributed by atoms with E-state index in [0.29, 0.717) is 0 Å². The molecule has 1 heteroatoms. The van der Waals surface area contributed by atoms with E-state index in [1.807, 2.05) is 12.1 Å². The molecule has 0 radical (unpaired) electrons.